The Bertz CT molecular complexity index is 229. The fourth-order valence-electron chi connectivity index (χ4n) is 0.910. The average molecular weight is 192 g/mol. The van der Waals surface area contributed by atoms with E-state index in [1.54, 1.807) is 6.92 Å². The zero-order valence-electron chi connectivity index (χ0n) is 6.71. The highest BCUT2D eigenvalue weighted by atomic mass is 31.0. The first-order valence-electron chi connectivity index (χ1n) is 3.36. The zero-order valence-corrected chi connectivity index (χ0v) is 7.87. The van der Waals surface area contributed by atoms with Crippen LogP contribution in [-0.4, -0.2) is 0 Å². The second kappa shape index (κ2) is 3.06. The van der Waals surface area contributed by atoms with Crippen molar-refractivity contribution in [2.45, 2.75) is 13.8 Å². The predicted molar refractivity (Wildman–Crippen MR) is 45.1 cm³/mol. The SMILES string of the molecule is Cc1c(C)c(P)c(F)c(F)c1F. The molecule has 1 atom stereocenters. The number of benzene rings is 1. The van der Waals surface area contributed by atoms with Gasteiger partial charge in [0.1, 0.15) is 0 Å². The molecular weight excluding hydrogens is 184 g/mol. The first-order chi connectivity index (χ1) is 5.46. The Hall–Kier alpha value is -0.560. The van der Waals surface area contributed by atoms with E-state index in [1.165, 1.54) is 6.92 Å². The molecule has 0 heterocycles. The summed E-state index contributed by atoms with van der Waals surface area (Å²) in [6, 6.07) is 0. The molecule has 0 N–H and O–H groups in total. The third-order valence-electron chi connectivity index (χ3n) is 1.92. The van der Waals surface area contributed by atoms with Crippen LogP contribution in [0.3, 0.4) is 0 Å². The molecule has 12 heavy (non-hydrogen) atoms. The summed E-state index contributed by atoms with van der Waals surface area (Å²) in [5.74, 6) is -3.63. The van der Waals surface area contributed by atoms with Crippen LogP contribution in [0.1, 0.15) is 11.1 Å². The fraction of sp³-hybridized carbons (Fsp3) is 0.250. The summed E-state index contributed by atoms with van der Waals surface area (Å²) in [5, 5.41) is 0.0893. The summed E-state index contributed by atoms with van der Waals surface area (Å²) < 4.78 is 38.3. The lowest BCUT2D eigenvalue weighted by Crippen LogP contribution is -2.11. The van der Waals surface area contributed by atoms with Crippen LogP contribution in [0.4, 0.5) is 13.2 Å². The molecule has 0 saturated heterocycles. The van der Waals surface area contributed by atoms with E-state index in [0.29, 0.717) is 5.56 Å². The molecule has 0 aromatic heterocycles. The minimum Gasteiger partial charge on any atom is -0.203 e. The van der Waals surface area contributed by atoms with E-state index >= 15 is 0 Å². The standard InChI is InChI=1S/C8H8F3P/c1-3-4(2)8(12)7(11)6(10)5(3)9/h12H2,1-2H3. The number of rotatable bonds is 0. The van der Waals surface area contributed by atoms with E-state index in [-0.39, 0.29) is 10.9 Å². The van der Waals surface area contributed by atoms with Crippen molar-refractivity contribution in [1.29, 1.82) is 0 Å². The lowest BCUT2D eigenvalue weighted by atomic mass is 10.1. The quantitative estimate of drug-likeness (QED) is 0.436. The highest BCUT2D eigenvalue weighted by Gasteiger charge is 2.17. The van der Waals surface area contributed by atoms with Gasteiger partial charge in [0.2, 0.25) is 0 Å². The molecule has 4 heteroatoms. The van der Waals surface area contributed by atoms with Crippen LogP contribution in [-0.2, 0) is 0 Å². The van der Waals surface area contributed by atoms with Gasteiger partial charge in [0.25, 0.3) is 0 Å². The molecule has 0 amide bonds. The first-order valence-corrected chi connectivity index (χ1v) is 3.93. The van der Waals surface area contributed by atoms with E-state index in [0.717, 1.165) is 0 Å². The smallest absolute Gasteiger partial charge is 0.195 e. The maximum Gasteiger partial charge on any atom is 0.195 e. The van der Waals surface area contributed by atoms with Gasteiger partial charge in [-0.05, 0) is 25.0 Å². The minimum absolute atomic E-state index is 0.0893. The van der Waals surface area contributed by atoms with Gasteiger partial charge in [-0.15, -0.1) is 9.24 Å². The Balaban J connectivity index is 3.60. The van der Waals surface area contributed by atoms with Gasteiger partial charge in [-0.3, -0.25) is 0 Å². The van der Waals surface area contributed by atoms with E-state index < -0.39 is 17.5 Å². The van der Waals surface area contributed by atoms with Crippen molar-refractivity contribution in [3.8, 4) is 0 Å². The highest BCUT2D eigenvalue weighted by molar-refractivity contribution is 7.27. The van der Waals surface area contributed by atoms with E-state index in [2.05, 4.69) is 9.24 Å². The van der Waals surface area contributed by atoms with E-state index in [9.17, 15) is 13.2 Å². The first kappa shape index (κ1) is 9.53. The van der Waals surface area contributed by atoms with Gasteiger partial charge in [-0.25, -0.2) is 13.2 Å². The molecule has 0 spiro atoms. The summed E-state index contributed by atoms with van der Waals surface area (Å²) in [4.78, 5) is 0. The van der Waals surface area contributed by atoms with Crippen molar-refractivity contribution >= 4 is 14.5 Å². The van der Waals surface area contributed by atoms with Gasteiger partial charge < -0.3 is 0 Å². The fourth-order valence-corrected chi connectivity index (χ4v) is 1.25. The maximum atomic E-state index is 12.8. The van der Waals surface area contributed by atoms with E-state index in [4.69, 9.17) is 0 Å². The molecule has 0 fully saturated rings. The average Bonchev–Trinajstić information content (AvgIpc) is 2.08. The molecule has 0 radical (unpaired) electrons. The zero-order chi connectivity index (χ0) is 9.46. The van der Waals surface area contributed by atoms with Gasteiger partial charge in [0.15, 0.2) is 17.5 Å². The summed E-state index contributed by atoms with van der Waals surface area (Å²) >= 11 is 0. The van der Waals surface area contributed by atoms with Crippen LogP contribution in [0, 0.1) is 31.3 Å². The van der Waals surface area contributed by atoms with Gasteiger partial charge in [0.05, 0.1) is 0 Å². The van der Waals surface area contributed by atoms with Gasteiger partial charge in [-0.1, -0.05) is 0 Å². The van der Waals surface area contributed by atoms with Crippen LogP contribution in [0.15, 0.2) is 0 Å². The summed E-state index contributed by atoms with van der Waals surface area (Å²) in [7, 11) is 2.05. The minimum atomic E-state index is -1.40. The highest BCUT2D eigenvalue weighted by Crippen LogP contribution is 2.18. The Morgan fingerprint density at radius 2 is 1.33 bits per heavy atom. The summed E-state index contributed by atoms with van der Waals surface area (Å²) in [6.07, 6.45) is 0. The van der Waals surface area contributed by atoms with Gasteiger partial charge in [-0.2, -0.15) is 0 Å². The Kier molecular flexibility index (Phi) is 2.43. The monoisotopic (exact) mass is 192 g/mol. The summed E-state index contributed by atoms with van der Waals surface area (Å²) in [5.41, 5.74) is 0.579. The van der Waals surface area contributed by atoms with Crippen LogP contribution in [0.5, 0.6) is 0 Å². The van der Waals surface area contributed by atoms with Crippen molar-refractivity contribution in [2.75, 3.05) is 0 Å². The normalized spacial score (nSPS) is 10.5. The Morgan fingerprint density at radius 1 is 0.833 bits per heavy atom. The van der Waals surface area contributed by atoms with Crippen molar-refractivity contribution < 1.29 is 13.2 Å². The molecule has 0 bridgehead atoms. The molecule has 0 aliphatic rings. The molecule has 0 saturated carbocycles. The molecule has 1 aromatic rings. The third-order valence-corrected chi connectivity index (χ3v) is 2.60. The molecular formula is C8H8F3P. The second-order valence-electron chi connectivity index (χ2n) is 2.61. The molecule has 1 aromatic carbocycles. The molecule has 1 rings (SSSR count). The summed E-state index contributed by atoms with van der Waals surface area (Å²) in [6.45, 7) is 2.96. The molecule has 0 aliphatic heterocycles. The Morgan fingerprint density at radius 3 is 1.83 bits per heavy atom. The third kappa shape index (κ3) is 1.22. The molecule has 0 aliphatic carbocycles. The van der Waals surface area contributed by atoms with Crippen LogP contribution in [0.2, 0.25) is 0 Å². The predicted octanol–water partition coefficient (Wildman–Crippen LogP) is 2.22. The topological polar surface area (TPSA) is 0 Å². The number of hydrogen-bond donors (Lipinski definition) is 0. The molecule has 66 valence electrons. The number of hydrogen-bond acceptors (Lipinski definition) is 0. The van der Waals surface area contributed by atoms with Crippen molar-refractivity contribution in [3.05, 3.63) is 28.6 Å². The maximum absolute atomic E-state index is 12.8. The van der Waals surface area contributed by atoms with Crippen molar-refractivity contribution in [3.63, 3.8) is 0 Å². The van der Waals surface area contributed by atoms with Gasteiger partial charge >= 0.3 is 0 Å². The van der Waals surface area contributed by atoms with Gasteiger partial charge in [0, 0.05) is 5.30 Å². The van der Waals surface area contributed by atoms with E-state index in [1.807, 2.05) is 0 Å². The molecule has 1 unspecified atom stereocenters. The van der Waals surface area contributed by atoms with Crippen LogP contribution >= 0.6 is 9.24 Å². The van der Waals surface area contributed by atoms with Crippen molar-refractivity contribution in [1.82, 2.24) is 0 Å². The van der Waals surface area contributed by atoms with Crippen molar-refractivity contribution in [2.24, 2.45) is 0 Å². The Labute approximate surface area is 71.0 Å². The van der Waals surface area contributed by atoms with Crippen LogP contribution < -0.4 is 5.30 Å². The molecule has 0 nitrogen and oxygen atoms in total. The van der Waals surface area contributed by atoms with Crippen LogP contribution in [0.25, 0.3) is 0 Å². The number of halogens is 3. The lowest BCUT2D eigenvalue weighted by Gasteiger charge is -2.07. The second-order valence-corrected chi connectivity index (χ2v) is 3.18. The lowest BCUT2D eigenvalue weighted by molar-refractivity contribution is 0.446. The largest absolute Gasteiger partial charge is 0.203 e.